The molecule has 1 rings (SSSR count). The summed E-state index contributed by atoms with van der Waals surface area (Å²) in [7, 11) is 1.96. The van der Waals surface area contributed by atoms with Gasteiger partial charge in [-0.15, -0.1) is 5.10 Å². The number of likely N-dealkylation sites (N-methyl/N-ethyl adjacent to an activating group) is 1. The minimum Gasteiger partial charge on any atom is -0.357 e. The van der Waals surface area contributed by atoms with E-state index in [9.17, 15) is 0 Å². The molecule has 0 aromatic carbocycles. The van der Waals surface area contributed by atoms with Crippen LogP contribution >= 0.6 is 0 Å². The molecule has 1 aromatic rings. The fourth-order valence-corrected chi connectivity index (χ4v) is 1.05. The zero-order valence-electron chi connectivity index (χ0n) is 8.20. The normalized spacial score (nSPS) is 10.1. The average Bonchev–Trinajstić information content (AvgIpc) is 2.18. The summed E-state index contributed by atoms with van der Waals surface area (Å²) in [5.74, 6) is 0.877. The maximum atomic E-state index is 5.43. The van der Waals surface area contributed by atoms with E-state index in [1.165, 1.54) is 0 Å². The van der Waals surface area contributed by atoms with Crippen LogP contribution in [0.15, 0.2) is 12.1 Å². The lowest BCUT2D eigenvalue weighted by Crippen LogP contribution is -2.26. The van der Waals surface area contributed by atoms with E-state index in [0.29, 0.717) is 6.54 Å². The third-order valence-corrected chi connectivity index (χ3v) is 1.92. The van der Waals surface area contributed by atoms with Crippen molar-refractivity contribution < 1.29 is 0 Å². The highest BCUT2D eigenvalue weighted by Crippen LogP contribution is 2.06. The summed E-state index contributed by atoms with van der Waals surface area (Å²) < 4.78 is 0. The summed E-state index contributed by atoms with van der Waals surface area (Å²) in [4.78, 5) is 1.99. The number of hydrogen-bond acceptors (Lipinski definition) is 4. The second-order valence-corrected chi connectivity index (χ2v) is 2.95. The molecule has 0 saturated carbocycles. The fraction of sp³-hybridized carbons (Fsp3) is 0.556. The van der Waals surface area contributed by atoms with Gasteiger partial charge in [-0.25, -0.2) is 0 Å². The molecule has 72 valence electrons. The van der Waals surface area contributed by atoms with Crippen LogP contribution in [0.4, 0.5) is 5.82 Å². The molecule has 0 fully saturated rings. The Morgan fingerprint density at radius 2 is 2.15 bits per heavy atom. The number of anilines is 1. The highest BCUT2D eigenvalue weighted by molar-refractivity contribution is 5.35. The molecule has 0 saturated heterocycles. The molecular weight excluding hydrogens is 164 g/mol. The molecule has 1 aromatic heterocycles. The lowest BCUT2D eigenvalue weighted by atomic mass is 10.3. The van der Waals surface area contributed by atoms with Crippen LogP contribution in [0.2, 0.25) is 0 Å². The van der Waals surface area contributed by atoms with Gasteiger partial charge in [0.15, 0.2) is 5.82 Å². The Morgan fingerprint density at radius 3 is 2.62 bits per heavy atom. The van der Waals surface area contributed by atoms with Crippen LogP contribution in [-0.2, 0) is 6.42 Å². The second-order valence-electron chi connectivity index (χ2n) is 2.95. The van der Waals surface area contributed by atoms with Crippen molar-refractivity contribution in [1.82, 2.24) is 10.2 Å². The van der Waals surface area contributed by atoms with E-state index >= 15 is 0 Å². The van der Waals surface area contributed by atoms with Crippen molar-refractivity contribution in [3.63, 3.8) is 0 Å². The second kappa shape index (κ2) is 4.77. The average molecular weight is 180 g/mol. The van der Waals surface area contributed by atoms with E-state index in [-0.39, 0.29) is 0 Å². The van der Waals surface area contributed by atoms with Gasteiger partial charge in [0.25, 0.3) is 0 Å². The van der Waals surface area contributed by atoms with Gasteiger partial charge in [0.2, 0.25) is 0 Å². The lowest BCUT2D eigenvalue weighted by molar-refractivity contribution is 0.830. The Bertz CT molecular complexity index is 244. The summed E-state index contributed by atoms with van der Waals surface area (Å²) in [5.41, 5.74) is 6.45. The lowest BCUT2D eigenvalue weighted by Gasteiger charge is -2.15. The first kappa shape index (κ1) is 9.92. The molecule has 0 unspecified atom stereocenters. The highest BCUT2D eigenvalue weighted by atomic mass is 15.2. The predicted octanol–water partition coefficient (Wildman–Crippen LogP) is 0.434. The number of nitrogens with zero attached hydrogens (tertiary/aromatic N) is 3. The largest absolute Gasteiger partial charge is 0.357 e. The minimum absolute atomic E-state index is 0.633. The van der Waals surface area contributed by atoms with Crippen LogP contribution in [0.25, 0.3) is 0 Å². The van der Waals surface area contributed by atoms with Crippen molar-refractivity contribution in [1.29, 1.82) is 0 Å². The highest BCUT2D eigenvalue weighted by Gasteiger charge is 2.00. The molecule has 0 bridgehead atoms. The van der Waals surface area contributed by atoms with Crippen LogP contribution < -0.4 is 10.6 Å². The fourth-order valence-electron chi connectivity index (χ4n) is 1.05. The minimum atomic E-state index is 0.633. The Labute approximate surface area is 78.8 Å². The van der Waals surface area contributed by atoms with Crippen molar-refractivity contribution in [2.45, 2.75) is 13.3 Å². The molecule has 0 spiro atoms. The summed E-state index contributed by atoms with van der Waals surface area (Å²) in [6.45, 7) is 3.50. The Morgan fingerprint density at radius 1 is 1.38 bits per heavy atom. The maximum absolute atomic E-state index is 5.43. The van der Waals surface area contributed by atoms with Crippen molar-refractivity contribution in [2.75, 3.05) is 25.0 Å². The summed E-state index contributed by atoms with van der Waals surface area (Å²) in [6.07, 6.45) is 0.924. The van der Waals surface area contributed by atoms with Gasteiger partial charge in [0.05, 0.1) is 5.69 Å². The number of hydrogen-bond donors (Lipinski definition) is 1. The number of rotatable bonds is 4. The van der Waals surface area contributed by atoms with E-state index in [4.69, 9.17) is 5.73 Å². The molecule has 0 aliphatic rings. The quantitative estimate of drug-likeness (QED) is 0.730. The van der Waals surface area contributed by atoms with Gasteiger partial charge < -0.3 is 10.6 Å². The number of nitrogens with two attached hydrogens (primary N) is 1. The summed E-state index contributed by atoms with van der Waals surface area (Å²) in [6, 6.07) is 3.97. The van der Waals surface area contributed by atoms with Gasteiger partial charge in [0, 0.05) is 20.1 Å². The molecule has 0 amide bonds. The van der Waals surface area contributed by atoms with E-state index in [1.807, 2.05) is 24.1 Å². The van der Waals surface area contributed by atoms with Crippen LogP contribution in [-0.4, -0.2) is 30.3 Å². The monoisotopic (exact) mass is 180 g/mol. The van der Waals surface area contributed by atoms with E-state index in [1.54, 1.807) is 0 Å². The summed E-state index contributed by atoms with van der Waals surface area (Å²) in [5, 5.41) is 8.16. The molecule has 4 nitrogen and oxygen atoms in total. The maximum Gasteiger partial charge on any atom is 0.151 e. The van der Waals surface area contributed by atoms with Crippen molar-refractivity contribution >= 4 is 5.82 Å². The zero-order valence-corrected chi connectivity index (χ0v) is 8.20. The van der Waals surface area contributed by atoms with Crippen LogP contribution in [0.5, 0.6) is 0 Å². The zero-order chi connectivity index (χ0) is 9.68. The number of aromatic nitrogens is 2. The standard InChI is InChI=1S/C9H16N4/c1-3-8-4-5-9(12-11-8)13(2)7-6-10/h4-5H,3,6-7,10H2,1-2H3. The first-order valence-corrected chi connectivity index (χ1v) is 4.51. The van der Waals surface area contributed by atoms with E-state index < -0.39 is 0 Å². The first-order valence-electron chi connectivity index (χ1n) is 4.51. The summed E-state index contributed by atoms with van der Waals surface area (Å²) >= 11 is 0. The van der Waals surface area contributed by atoms with E-state index in [0.717, 1.165) is 24.5 Å². The Balaban J connectivity index is 2.67. The molecule has 0 atom stereocenters. The third-order valence-electron chi connectivity index (χ3n) is 1.92. The first-order chi connectivity index (χ1) is 6.27. The molecule has 13 heavy (non-hydrogen) atoms. The molecule has 0 radical (unpaired) electrons. The van der Waals surface area contributed by atoms with Crippen molar-refractivity contribution in [3.8, 4) is 0 Å². The topological polar surface area (TPSA) is 55.0 Å². The van der Waals surface area contributed by atoms with Gasteiger partial charge >= 0.3 is 0 Å². The smallest absolute Gasteiger partial charge is 0.151 e. The van der Waals surface area contributed by atoms with E-state index in [2.05, 4.69) is 17.1 Å². The van der Waals surface area contributed by atoms with Gasteiger partial charge in [0.1, 0.15) is 0 Å². The van der Waals surface area contributed by atoms with Gasteiger partial charge in [-0.05, 0) is 18.6 Å². The molecule has 0 aliphatic carbocycles. The van der Waals surface area contributed by atoms with Gasteiger partial charge in [-0.2, -0.15) is 5.10 Å². The van der Waals surface area contributed by atoms with Crippen LogP contribution in [0.3, 0.4) is 0 Å². The van der Waals surface area contributed by atoms with Crippen molar-refractivity contribution in [2.24, 2.45) is 5.73 Å². The Kier molecular flexibility index (Phi) is 3.64. The Hall–Kier alpha value is -1.16. The SMILES string of the molecule is CCc1ccc(N(C)CCN)nn1. The molecule has 2 N–H and O–H groups in total. The molecule has 0 aliphatic heterocycles. The van der Waals surface area contributed by atoms with Crippen LogP contribution in [0, 0.1) is 0 Å². The third kappa shape index (κ3) is 2.66. The van der Waals surface area contributed by atoms with Crippen molar-refractivity contribution in [3.05, 3.63) is 17.8 Å². The molecule has 4 heteroatoms. The van der Waals surface area contributed by atoms with Gasteiger partial charge in [-0.1, -0.05) is 6.92 Å². The predicted molar refractivity (Wildman–Crippen MR) is 53.7 cm³/mol. The number of aryl methyl sites for hydroxylation is 1. The van der Waals surface area contributed by atoms with Crippen LogP contribution in [0.1, 0.15) is 12.6 Å². The van der Waals surface area contributed by atoms with Gasteiger partial charge in [-0.3, -0.25) is 0 Å². The molecular formula is C9H16N4. The molecule has 1 heterocycles.